The number of hydrogen-bond donors (Lipinski definition) is 0. The van der Waals surface area contributed by atoms with Gasteiger partial charge in [0.2, 0.25) is 15.9 Å². The molecule has 0 saturated carbocycles. The molecule has 0 amide bonds. The fourth-order valence-electron chi connectivity index (χ4n) is 5.25. The van der Waals surface area contributed by atoms with Crippen LogP contribution >= 0.6 is 0 Å². The Morgan fingerprint density at radius 3 is 2.17 bits per heavy atom. The molecule has 2 aliphatic rings. The second-order valence-electron chi connectivity index (χ2n) is 9.91. The summed E-state index contributed by atoms with van der Waals surface area (Å²) in [6.07, 6.45) is -0.734. The third-order valence-corrected chi connectivity index (χ3v) is 9.26. The molecule has 0 N–H and O–H groups in total. The molecule has 0 atom stereocenters. The van der Waals surface area contributed by atoms with E-state index in [2.05, 4.69) is 15.0 Å². The molecule has 0 unspecified atom stereocenters. The lowest BCUT2D eigenvalue weighted by atomic mass is 10.00. The second kappa shape index (κ2) is 10.3. The summed E-state index contributed by atoms with van der Waals surface area (Å²) >= 11 is 0. The van der Waals surface area contributed by atoms with E-state index in [4.69, 9.17) is 4.74 Å². The molecule has 0 aromatic carbocycles. The number of piperidine rings is 2. The third kappa shape index (κ3) is 5.55. The van der Waals surface area contributed by atoms with Crippen molar-refractivity contribution in [3.8, 4) is 5.88 Å². The average molecular weight is 530 g/mol. The SMILES string of the molecule is Cc1nn(C(C)C)c(C)c1S(=O)(=O)N1CCC(N2CCC(Oc3ccc(C(F)(F)F)cn3)CC2)CC1. The first-order valence-electron chi connectivity index (χ1n) is 12.4. The Morgan fingerprint density at radius 1 is 1.03 bits per heavy atom. The molecular formula is C24H34F3N5O3S. The quantitative estimate of drug-likeness (QED) is 0.558. The van der Waals surface area contributed by atoms with Gasteiger partial charge in [0.1, 0.15) is 11.0 Å². The van der Waals surface area contributed by atoms with Gasteiger partial charge in [0.25, 0.3) is 0 Å². The van der Waals surface area contributed by atoms with Crippen molar-refractivity contribution < 1.29 is 26.3 Å². The number of aryl methyl sites for hydroxylation is 1. The van der Waals surface area contributed by atoms with E-state index in [1.54, 1.807) is 15.9 Å². The first kappa shape index (κ1) is 26.9. The lowest BCUT2D eigenvalue weighted by Gasteiger charge is -2.41. The van der Waals surface area contributed by atoms with Gasteiger partial charge in [-0.2, -0.15) is 22.6 Å². The van der Waals surface area contributed by atoms with Crippen molar-refractivity contribution in [3.05, 3.63) is 35.3 Å². The van der Waals surface area contributed by atoms with Gasteiger partial charge in [-0.15, -0.1) is 0 Å². The van der Waals surface area contributed by atoms with E-state index < -0.39 is 21.8 Å². The number of sulfonamides is 1. The predicted molar refractivity (Wildman–Crippen MR) is 128 cm³/mol. The molecule has 12 heteroatoms. The molecule has 4 rings (SSSR count). The number of halogens is 3. The highest BCUT2D eigenvalue weighted by Gasteiger charge is 2.36. The van der Waals surface area contributed by atoms with Crippen LogP contribution in [0.5, 0.6) is 5.88 Å². The molecule has 2 aliphatic heterocycles. The van der Waals surface area contributed by atoms with Crippen LogP contribution in [0.1, 0.15) is 62.5 Å². The number of likely N-dealkylation sites (tertiary alicyclic amines) is 1. The minimum absolute atomic E-state index is 0.0836. The fourth-order valence-corrected chi connectivity index (χ4v) is 7.08. The normalized spacial score (nSPS) is 19.8. The van der Waals surface area contributed by atoms with Gasteiger partial charge in [0.05, 0.1) is 17.0 Å². The monoisotopic (exact) mass is 529 g/mol. The minimum atomic E-state index is -4.42. The van der Waals surface area contributed by atoms with Gasteiger partial charge in [-0.05, 0) is 59.4 Å². The summed E-state index contributed by atoms with van der Waals surface area (Å²) in [5.74, 6) is 0.200. The Morgan fingerprint density at radius 2 is 1.67 bits per heavy atom. The maximum atomic E-state index is 13.4. The first-order chi connectivity index (χ1) is 16.9. The molecule has 2 aromatic heterocycles. The van der Waals surface area contributed by atoms with Gasteiger partial charge in [-0.3, -0.25) is 4.68 Å². The molecule has 2 saturated heterocycles. The summed E-state index contributed by atoms with van der Waals surface area (Å²) in [4.78, 5) is 6.50. The Kier molecular flexibility index (Phi) is 7.68. The number of alkyl halides is 3. The molecule has 2 aromatic rings. The van der Waals surface area contributed by atoms with Crippen LogP contribution in [0.2, 0.25) is 0 Å². The number of pyridine rings is 1. The van der Waals surface area contributed by atoms with E-state index in [0.29, 0.717) is 35.4 Å². The molecule has 4 heterocycles. The van der Waals surface area contributed by atoms with Crippen molar-refractivity contribution >= 4 is 10.0 Å². The van der Waals surface area contributed by atoms with Gasteiger partial charge in [0.15, 0.2) is 0 Å². The maximum absolute atomic E-state index is 13.4. The second-order valence-corrected chi connectivity index (χ2v) is 11.8. The zero-order chi connectivity index (χ0) is 26.3. The van der Waals surface area contributed by atoms with E-state index in [1.807, 2.05) is 20.8 Å². The van der Waals surface area contributed by atoms with Crippen molar-refractivity contribution in [1.29, 1.82) is 0 Å². The van der Waals surface area contributed by atoms with Gasteiger partial charge in [0, 0.05) is 50.5 Å². The molecule has 200 valence electrons. The van der Waals surface area contributed by atoms with Crippen LogP contribution in [-0.4, -0.2) is 70.7 Å². The summed E-state index contributed by atoms with van der Waals surface area (Å²) in [7, 11) is -3.61. The molecule has 36 heavy (non-hydrogen) atoms. The lowest BCUT2D eigenvalue weighted by molar-refractivity contribution is -0.137. The molecule has 0 bridgehead atoms. The average Bonchev–Trinajstić information content (AvgIpc) is 3.14. The van der Waals surface area contributed by atoms with Crippen molar-refractivity contribution in [3.63, 3.8) is 0 Å². The fraction of sp³-hybridized carbons (Fsp3) is 0.667. The van der Waals surface area contributed by atoms with Crippen molar-refractivity contribution in [2.24, 2.45) is 0 Å². The lowest BCUT2D eigenvalue weighted by Crippen LogP contribution is -2.50. The van der Waals surface area contributed by atoms with Crippen LogP contribution < -0.4 is 4.74 Å². The molecule has 0 spiro atoms. The number of aromatic nitrogens is 3. The van der Waals surface area contributed by atoms with Crippen molar-refractivity contribution in [2.45, 2.75) is 82.6 Å². The summed E-state index contributed by atoms with van der Waals surface area (Å²) in [6.45, 7) is 10.0. The zero-order valence-electron chi connectivity index (χ0n) is 21.1. The Hall–Kier alpha value is -2.18. The first-order valence-corrected chi connectivity index (χ1v) is 13.8. The number of rotatable bonds is 6. The van der Waals surface area contributed by atoms with Gasteiger partial charge in [-0.25, -0.2) is 13.4 Å². The molecule has 0 radical (unpaired) electrons. The topological polar surface area (TPSA) is 80.6 Å². The van der Waals surface area contributed by atoms with Crippen LogP contribution in [0.3, 0.4) is 0 Å². The van der Waals surface area contributed by atoms with Gasteiger partial charge >= 0.3 is 6.18 Å². The number of hydrogen-bond acceptors (Lipinski definition) is 6. The molecule has 8 nitrogen and oxygen atoms in total. The number of ether oxygens (including phenoxy) is 1. The maximum Gasteiger partial charge on any atom is 0.417 e. The third-order valence-electron chi connectivity index (χ3n) is 7.11. The van der Waals surface area contributed by atoms with E-state index in [-0.39, 0.29) is 18.0 Å². The van der Waals surface area contributed by atoms with Crippen molar-refractivity contribution in [2.75, 3.05) is 26.2 Å². The summed E-state index contributed by atoms with van der Waals surface area (Å²) in [5, 5.41) is 4.45. The highest BCUT2D eigenvalue weighted by molar-refractivity contribution is 7.89. The van der Waals surface area contributed by atoms with Crippen molar-refractivity contribution in [1.82, 2.24) is 24.0 Å². The summed E-state index contributed by atoms with van der Waals surface area (Å²) in [6, 6.07) is 2.62. The zero-order valence-corrected chi connectivity index (χ0v) is 21.9. The Bertz CT molecular complexity index is 1150. The smallest absolute Gasteiger partial charge is 0.417 e. The predicted octanol–water partition coefficient (Wildman–Crippen LogP) is 4.19. The Balaban J connectivity index is 1.29. The van der Waals surface area contributed by atoms with Gasteiger partial charge < -0.3 is 9.64 Å². The van der Waals surface area contributed by atoms with Crippen LogP contribution in [0.4, 0.5) is 13.2 Å². The summed E-state index contributed by atoms with van der Waals surface area (Å²) < 4.78 is 74.1. The van der Waals surface area contributed by atoms with Crippen LogP contribution in [0.25, 0.3) is 0 Å². The highest BCUT2D eigenvalue weighted by atomic mass is 32.2. The largest absolute Gasteiger partial charge is 0.474 e. The molecule has 0 aliphatic carbocycles. The molecular weight excluding hydrogens is 495 g/mol. The van der Waals surface area contributed by atoms with Gasteiger partial charge in [-0.1, -0.05) is 0 Å². The standard InChI is InChI=1S/C24H34F3N5O3S/c1-16(2)32-18(4)23(17(3)29-32)36(33,34)31-13-7-20(8-14-31)30-11-9-21(10-12-30)35-22-6-5-19(15-28-22)24(25,26)27/h5-6,15-16,20-21H,7-14H2,1-4H3. The molecule has 2 fully saturated rings. The highest BCUT2D eigenvalue weighted by Crippen LogP contribution is 2.31. The van der Waals surface area contributed by atoms with Crippen LogP contribution in [0.15, 0.2) is 23.2 Å². The number of nitrogens with zero attached hydrogens (tertiary/aromatic N) is 5. The Labute approximate surface area is 210 Å². The van der Waals surface area contributed by atoms with Crippen LogP contribution in [0, 0.1) is 13.8 Å². The minimum Gasteiger partial charge on any atom is -0.474 e. The van der Waals surface area contributed by atoms with Crippen LogP contribution in [-0.2, 0) is 16.2 Å². The van der Waals surface area contributed by atoms with E-state index in [9.17, 15) is 21.6 Å². The van der Waals surface area contributed by atoms with E-state index >= 15 is 0 Å². The van der Waals surface area contributed by atoms with E-state index in [1.165, 1.54) is 6.07 Å². The van der Waals surface area contributed by atoms with E-state index in [0.717, 1.165) is 51.0 Å². The summed E-state index contributed by atoms with van der Waals surface area (Å²) in [5.41, 5.74) is 0.416.